The summed E-state index contributed by atoms with van der Waals surface area (Å²) in [5.41, 5.74) is 1.28. The first-order valence-corrected chi connectivity index (χ1v) is 8.62. The van der Waals surface area contributed by atoms with E-state index in [0.29, 0.717) is 23.0 Å². The molecule has 0 spiro atoms. The lowest BCUT2D eigenvalue weighted by molar-refractivity contribution is 0.101. The third kappa shape index (κ3) is 3.32. The van der Waals surface area contributed by atoms with E-state index in [9.17, 15) is 9.59 Å². The number of rotatable bonds is 2. The zero-order chi connectivity index (χ0) is 19.0. The third-order valence-corrected chi connectivity index (χ3v) is 4.53. The number of benzene rings is 2. The van der Waals surface area contributed by atoms with E-state index in [0.717, 1.165) is 0 Å². The van der Waals surface area contributed by atoms with E-state index < -0.39 is 5.91 Å². The summed E-state index contributed by atoms with van der Waals surface area (Å²) in [6.07, 6.45) is 1.57. The molecule has 27 heavy (non-hydrogen) atoms. The molecule has 1 aromatic heterocycles. The fourth-order valence-corrected chi connectivity index (χ4v) is 3.21. The van der Waals surface area contributed by atoms with Gasteiger partial charge in [0.2, 0.25) is 5.88 Å². The van der Waals surface area contributed by atoms with E-state index in [1.165, 1.54) is 6.07 Å². The fraction of sp³-hybridized carbons (Fsp3) is 0. The van der Waals surface area contributed by atoms with Crippen molar-refractivity contribution in [3.63, 3.8) is 0 Å². The van der Waals surface area contributed by atoms with Gasteiger partial charge in [0.1, 0.15) is 11.4 Å². The van der Waals surface area contributed by atoms with Crippen molar-refractivity contribution in [3.8, 4) is 11.6 Å². The molecule has 0 unspecified atom stereocenters. The largest absolute Gasteiger partial charge is 0.436 e. The molecular formula is C19H11Cl2N3O3. The van der Waals surface area contributed by atoms with Crippen LogP contribution in [0.4, 0.5) is 11.4 Å². The number of amides is 2. The van der Waals surface area contributed by atoms with Gasteiger partial charge in [-0.15, -0.1) is 0 Å². The lowest BCUT2D eigenvalue weighted by atomic mass is 10.1. The Bertz CT molecular complexity index is 1070. The number of fused-ring (bicyclic) bond motifs is 2. The van der Waals surface area contributed by atoms with Crippen molar-refractivity contribution < 1.29 is 14.3 Å². The summed E-state index contributed by atoms with van der Waals surface area (Å²) in [6, 6.07) is 12.9. The summed E-state index contributed by atoms with van der Waals surface area (Å²) >= 11 is 12.1. The van der Waals surface area contributed by atoms with Crippen molar-refractivity contribution in [1.82, 2.24) is 4.98 Å². The Labute approximate surface area is 164 Å². The van der Waals surface area contributed by atoms with Gasteiger partial charge in [0.25, 0.3) is 11.8 Å². The summed E-state index contributed by atoms with van der Waals surface area (Å²) in [4.78, 5) is 29.1. The Morgan fingerprint density at radius 2 is 1.85 bits per heavy atom. The summed E-state index contributed by atoms with van der Waals surface area (Å²) in [5.74, 6) is -0.225. The lowest BCUT2D eigenvalue weighted by Crippen LogP contribution is -2.15. The molecule has 0 bridgehead atoms. The minimum atomic E-state index is -0.481. The maximum atomic E-state index is 12.5. The van der Waals surface area contributed by atoms with Crippen LogP contribution in [0.2, 0.25) is 10.0 Å². The van der Waals surface area contributed by atoms with Crippen molar-refractivity contribution in [2.75, 3.05) is 10.6 Å². The zero-order valence-electron chi connectivity index (χ0n) is 13.6. The van der Waals surface area contributed by atoms with Gasteiger partial charge in [-0.05, 0) is 42.5 Å². The molecule has 1 aliphatic heterocycles. The van der Waals surface area contributed by atoms with Gasteiger partial charge in [0, 0.05) is 11.9 Å². The lowest BCUT2D eigenvalue weighted by Gasteiger charge is -2.11. The van der Waals surface area contributed by atoms with E-state index in [1.54, 1.807) is 48.7 Å². The monoisotopic (exact) mass is 399 g/mol. The van der Waals surface area contributed by atoms with Gasteiger partial charge in [-0.25, -0.2) is 4.98 Å². The van der Waals surface area contributed by atoms with Gasteiger partial charge in [-0.3, -0.25) is 9.59 Å². The van der Waals surface area contributed by atoms with Crippen molar-refractivity contribution in [3.05, 3.63) is 75.9 Å². The molecule has 0 aliphatic carbocycles. The second-order valence-corrected chi connectivity index (χ2v) is 6.49. The molecule has 134 valence electrons. The molecule has 2 heterocycles. The third-order valence-electron chi connectivity index (χ3n) is 3.90. The van der Waals surface area contributed by atoms with E-state index in [1.807, 2.05) is 0 Å². The average Bonchev–Trinajstić information content (AvgIpc) is 2.77. The smallest absolute Gasteiger partial charge is 0.259 e. The molecule has 0 saturated carbocycles. The highest BCUT2D eigenvalue weighted by Crippen LogP contribution is 2.35. The van der Waals surface area contributed by atoms with Gasteiger partial charge in [0.15, 0.2) is 0 Å². The normalized spacial score (nSPS) is 12.1. The maximum absolute atomic E-state index is 12.5. The Kier molecular flexibility index (Phi) is 4.43. The quantitative estimate of drug-likeness (QED) is 0.635. The van der Waals surface area contributed by atoms with Gasteiger partial charge in [0.05, 0.1) is 21.2 Å². The highest BCUT2D eigenvalue weighted by atomic mass is 35.5. The first kappa shape index (κ1) is 17.3. The van der Waals surface area contributed by atoms with Crippen LogP contribution in [-0.4, -0.2) is 16.8 Å². The number of halogens is 2. The number of pyridine rings is 1. The number of hydrogen-bond donors (Lipinski definition) is 2. The highest BCUT2D eigenvalue weighted by molar-refractivity contribution is 6.40. The maximum Gasteiger partial charge on any atom is 0.259 e. The number of carbonyl (C=O) groups excluding carboxylic acids is 2. The molecule has 0 atom stereocenters. The first-order valence-electron chi connectivity index (χ1n) is 7.86. The molecule has 2 N–H and O–H groups in total. The Balaban J connectivity index is 1.65. The van der Waals surface area contributed by atoms with Crippen LogP contribution in [0, 0.1) is 0 Å². The van der Waals surface area contributed by atoms with Crippen molar-refractivity contribution in [1.29, 1.82) is 0 Å². The fourth-order valence-electron chi connectivity index (χ4n) is 2.64. The molecule has 4 rings (SSSR count). The van der Waals surface area contributed by atoms with Crippen LogP contribution in [-0.2, 0) is 0 Å². The molecule has 3 aromatic rings. The number of aromatic nitrogens is 1. The van der Waals surface area contributed by atoms with Crippen molar-refractivity contribution in [2.24, 2.45) is 0 Å². The molecule has 2 amide bonds. The number of hydrogen-bond acceptors (Lipinski definition) is 4. The van der Waals surface area contributed by atoms with Crippen LogP contribution in [0.1, 0.15) is 20.7 Å². The predicted molar refractivity (Wildman–Crippen MR) is 103 cm³/mol. The first-order chi connectivity index (χ1) is 13.0. The average molecular weight is 400 g/mol. The van der Waals surface area contributed by atoms with Gasteiger partial charge >= 0.3 is 0 Å². The van der Waals surface area contributed by atoms with Gasteiger partial charge in [-0.1, -0.05) is 29.3 Å². The van der Waals surface area contributed by atoms with E-state index in [4.69, 9.17) is 27.9 Å². The second-order valence-electron chi connectivity index (χ2n) is 5.67. The topological polar surface area (TPSA) is 80.3 Å². The van der Waals surface area contributed by atoms with Crippen LogP contribution in [0.3, 0.4) is 0 Å². The van der Waals surface area contributed by atoms with Crippen LogP contribution in [0.15, 0.2) is 54.7 Å². The number of anilines is 2. The van der Waals surface area contributed by atoms with Gasteiger partial charge in [-0.2, -0.15) is 0 Å². The SMILES string of the molecule is O=C1Nc2cccnc2Oc2ccc(NC(=O)c3c(Cl)cccc3Cl)cc21. The molecule has 1 aliphatic rings. The molecule has 2 aromatic carbocycles. The summed E-state index contributed by atoms with van der Waals surface area (Å²) in [6.45, 7) is 0. The molecular weight excluding hydrogens is 389 g/mol. The summed E-state index contributed by atoms with van der Waals surface area (Å²) < 4.78 is 5.71. The van der Waals surface area contributed by atoms with Gasteiger partial charge < -0.3 is 15.4 Å². The highest BCUT2D eigenvalue weighted by Gasteiger charge is 2.22. The van der Waals surface area contributed by atoms with Crippen LogP contribution < -0.4 is 15.4 Å². The molecule has 0 saturated heterocycles. The molecule has 0 fully saturated rings. The van der Waals surface area contributed by atoms with Crippen LogP contribution >= 0.6 is 23.2 Å². The number of nitrogens with one attached hydrogen (secondary N) is 2. The van der Waals surface area contributed by atoms with E-state index >= 15 is 0 Å². The van der Waals surface area contributed by atoms with Crippen molar-refractivity contribution in [2.45, 2.75) is 0 Å². The van der Waals surface area contributed by atoms with Crippen LogP contribution in [0.25, 0.3) is 0 Å². The molecule has 6 nitrogen and oxygen atoms in total. The zero-order valence-corrected chi connectivity index (χ0v) is 15.1. The van der Waals surface area contributed by atoms with E-state index in [-0.39, 0.29) is 27.1 Å². The summed E-state index contributed by atoms with van der Waals surface area (Å²) in [7, 11) is 0. The number of nitrogens with zero attached hydrogens (tertiary/aromatic N) is 1. The Hall–Kier alpha value is -3.09. The van der Waals surface area contributed by atoms with E-state index in [2.05, 4.69) is 15.6 Å². The standard InChI is InChI=1S/C19H11Cl2N3O3/c20-12-3-1-4-13(21)16(12)18(26)23-10-6-7-15-11(9-10)17(25)24-14-5-2-8-22-19(14)27-15/h1-9H,(H,23,26)(H,24,25). The Morgan fingerprint density at radius 3 is 2.63 bits per heavy atom. The predicted octanol–water partition coefficient (Wildman–Crippen LogP) is 5.00. The minimum Gasteiger partial charge on any atom is -0.436 e. The number of carbonyl (C=O) groups is 2. The second kappa shape index (κ2) is 6.90. The number of ether oxygens (including phenoxy) is 1. The van der Waals surface area contributed by atoms with Crippen molar-refractivity contribution >= 4 is 46.4 Å². The molecule has 0 radical (unpaired) electrons. The Morgan fingerprint density at radius 1 is 1.07 bits per heavy atom. The molecule has 8 heteroatoms. The summed E-state index contributed by atoms with van der Waals surface area (Å²) in [5, 5.41) is 5.89. The van der Waals surface area contributed by atoms with Crippen LogP contribution in [0.5, 0.6) is 11.6 Å². The minimum absolute atomic E-state index is 0.160.